The summed E-state index contributed by atoms with van der Waals surface area (Å²) >= 11 is 0. The van der Waals surface area contributed by atoms with E-state index in [0.717, 1.165) is 33.8 Å². The Hall–Kier alpha value is -3.59. The van der Waals surface area contributed by atoms with Gasteiger partial charge >= 0.3 is 0 Å². The first-order valence-electron chi connectivity index (χ1n) is 12.8. The zero-order valence-electron chi connectivity index (χ0n) is 21.6. The minimum atomic E-state index is -0.161. The third-order valence-electron chi connectivity index (χ3n) is 7.20. The number of benzene rings is 1. The SMILES string of the molecule is COCC(=O)N1CCC(NC(=O)c2c(C)[nH]c3c(-c4cc(OC)ccc4OCC4CC4)ccnc23)CC1. The van der Waals surface area contributed by atoms with Crippen LogP contribution in [-0.2, 0) is 9.53 Å². The van der Waals surface area contributed by atoms with Crippen molar-refractivity contribution in [1.82, 2.24) is 20.2 Å². The maximum absolute atomic E-state index is 13.4. The quantitative estimate of drug-likeness (QED) is 0.459. The Balaban J connectivity index is 1.39. The number of methoxy groups -OCH3 is 2. The number of nitrogens with zero attached hydrogens (tertiary/aromatic N) is 2. The highest BCUT2D eigenvalue weighted by molar-refractivity contribution is 6.09. The lowest BCUT2D eigenvalue weighted by Gasteiger charge is -2.32. The van der Waals surface area contributed by atoms with E-state index in [2.05, 4.69) is 15.3 Å². The number of aromatic nitrogens is 2. The van der Waals surface area contributed by atoms with Gasteiger partial charge in [0.15, 0.2) is 0 Å². The highest BCUT2D eigenvalue weighted by Gasteiger charge is 2.27. The van der Waals surface area contributed by atoms with E-state index in [1.807, 2.05) is 31.2 Å². The van der Waals surface area contributed by atoms with Crippen LogP contribution in [0.5, 0.6) is 11.5 Å². The number of amides is 2. The van der Waals surface area contributed by atoms with E-state index in [9.17, 15) is 9.59 Å². The number of hydrogen-bond acceptors (Lipinski definition) is 6. The number of H-pyrrole nitrogens is 1. The Morgan fingerprint density at radius 1 is 1.11 bits per heavy atom. The number of rotatable bonds is 9. The number of pyridine rings is 1. The summed E-state index contributed by atoms with van der Waals surface area (Å²) in [6.07, 6.45) is 5.55. The van der Waals surface area contributed by atoms with Crippen molar-refractivity contribution in [2.75, 3.05) is 40.5 Å². The molecule has 5 rings (SSSR count). The molecule has 1 aromatic carbocycles. The standard InChI is InChI=1S/C28H34N4O5/c1-17-25(28(34)31-19-9-12-32(13-10-19)24(33)16-35-2)27-26(30-17)21(8-11-29-27)22-14-20(36-3)6-7-23(22)37-15-18-4-5-18/h6-8,11,14,18-19,30H,4-5,9-10,12-13,15-16H2,1-3H3,(H,31,34). The van der Waals surface area contributed by atoms with E-state index >= 15 is 0 Å². The molecule has 1 saturated carbocycles. The lowest BCUT2D eigenvalue weighted by molar-refractivity contribution is -0.136. The number of nitrogens with one attached hydrogen (secondary N) is 2. The van der Waals surface area contributed by atoms with E-state index in [1.54, 1.807) is 18.2 Å². The van der Waals surface area contributed by atoms with Gasteiger partial charge in [0.1, 0.15) is 23.6 Å². The Morgan fingerprint density at radius 3 is 2.59 bits per heavy atom. The molecule has 0 bridgehead atoms. The van der Waals surface area contributed by atoms with Gasteiger partial charge in [0, 0.05) is 49.3 Å². The second kappa shape index (κ2) is 10.8. The van der Waals surface area contributed by atoms with Gasteiger partial charge in [0.05, 0.1) is 24.8 Å². The number of ether oxygens (including phenoxy) is 3. The average Bonchev–Trinajstić information content (AvgIpc) is 3.67. The fourth-order valence-electron chi connectivity index (χ4n) is 4.92. The van der Waals surface area contributed by atoms with E-state index in [0.29, 0.717) is 49.5 Å². The van der Waals surface area contributed by atoms with Gasteiger partial charge in [-0.1, -0.05) is 0 Å². The summed E-state index contributed by atoms with van der Waals surface area (Å²) in [5.74, 6) is 1.96. The summed E-state index contributed by atoms with van der Waals surface area (Å²) in [5, 5.41) is 3.16. The number of fused-ring (bicyclic) bond motifs is 1. The molecule has 1 aliphatic carbocycles. The molecular weight excluding hydrogens is 472 g/mol. The summed E-state index contributed by atoms with van der Waals surface area (Å²) in [6, 6.07) is 7.73. The average molecular weight is 507 g/mol. The minimum absolute atomic E-state index is 0.00700. The predicted molar refractivity (Wildman–Crippen MR) is 140 cm³/mol. The first-order chi connectivity index (χ1) is 18.0. The van der Waals surface area contributed by atoms with Gasteiger partial charge in [-0.15, -0.1) is 0 Å². The summed E-state index contributed by atoms with van der Waals surface area (Å²) in [5.41, 5.74) is 4.50. The van der Waals surface area contributed by atoms with Crippen molar-refractivity contribution >= 4 is 22.8 Å². The Kier molecular flexibility index (Phi) is 7.32. The predicted octanol–water partition coefficient (Wildman–Crippen LogP) is 3.70. The largest absolute Gasteiger partial charge is 0.497 e. The maximum Gasteiger partial charge on any atom is 0.255 e. The third kappa shape index (κ3) is 5.41. The van der Waals surface area contributed by atoms with Gasteiger partial charge in [-0.2, -0.15) is 0 Å². The van der Waals surface area contributed by atoms with Gasteiger partial charge < -0.3 is 29.4 Å². The number of likely N-dealkylation sites (tertiary alicyclic amines) is 1. The number of aromatic amines is 1. The smallest absolute Gasteiger partial charge is 0.255 e. The molecule has 9 nitrogen and oxygen atoms in total. The van der Waals surface area contributed by atoms with Crippen molar-refractivity contribution in [2.24, 2.45) is 5.92 Å². The van der Waals surface area contributed by atoms with Crippen LogP contribution in [0.2, 0.25) is 0 Å². The zero-order valence-corrected chi connectivity index (χ0v) is 21.6. The molecule has 0 radical (unpaired) electrons. The monoisotopic (exact) mass is 506 g/mol. The van der Waals surface area contributed by atoms with E-state index < -0.39 is 0 Å². The van der Waals surface area contributed by atoms with Gasteiger partial charge in [-0.25, -0.2) is 0 Å². The van der Waals surface area contributed by atoms with Crippen LogP contribution in [0.1, 0.15) is 41.7 Å². The molecule has 0 atom stereocenters. The number of carbonyl (C=O) groups is 2. The third-order valence-corrected chi connectivity index (χ3v) is 7.20. The molecule has 2 aromatic heterocycles. The molecule has 3 heterocycles. The van der Waals surface area contributed by atoms with E-state index in [1.165, 1.54) is 20.0 Å². The Bertz CT molecular complexity index is 1290. The van der Waals surface area contributed by atoms with Crippen molar-refractivity contribution in [3.8, 4) is 22.6 Å². The fraction of sp³-hybridized carbons (Fsp3) is 0.464. The van der Waals surface area contributed by atoms with Gasteiger partial charge in [-0.3, -0.25) is 14.6 Å². The lowest BCUT2D eigenvalue weighted by Crippen LogP contribution is -2.47. The van der Waals surface area contributed by atoms with Gasteiger partial charge in [0.2, 0.25) is 5.91 Å². The number of hydrogen-bond donors (Lipinski definition) is 2. The van der Waals surface area contributed by atoms with E-state index in [4.69, 9.17) is 14.2 Å². The van der Waals surface area contributed by atoms with Gasteiger partial charge in [0.25, 0.3) is 5.91 Å². The van der Waals surface area contributed by atoms with Crippen LogP contribution in [0, 0.1) is 12.8 Å². The Morgan fingerprint density at radius 2 is 1.89 bits per heavy atom. The topological polar surface area (TPSA) is 106 Å². The summed E-state index contributed by atoms with van der Waals surface area (Å²) in [4.78, 5) is 35.3. The van der Waals surface area contributed by atoms with Crippen LogP contribution in [0.4, 0.5) is 0 Å². The molecule has 196 valence electrons. The van der Waals surface area contributed by atoms with E-state index in [-0.39, 0.29) is 24.5 Å². The second-order valence-corrected chi connectivity index (χ2v) is 9.89. The highest BCUT2D eigenvalue weighted by atomic mass is 16.5. The molecule has 2 aliphatic rings. The normalized spacial score (nSPS) is 16.1. The first kappa shape index (κ1) is 25.1. The summed E-state index contributed by atoms with van der Waals surface area (Å²) in [7, 11) is 3.16. The summed E-state index contributed by atoms with van der Waals surface area (Å²) in [6.45, 7) is 3.87. The molecule has 2 N–H and O–H groups in total. The van der Waals surface area contributed by atoms with Crippen LogP contribution in [0.3, 0.4) is 0 Å². The zero-order chi connectivity index (χ0) is 25.9. The first-order valence-corrected chi connectivity index (χ1v) is 12.8. The number of piperidine rings is 1. The molecule has 0 unspecified atom stereocenters. The van der Waals surface area contributed by atoms with Crippen molar-refractivity contribution in [1.29, 1.82) is 0 Å². The molecule has 37 heavy (non-hydrogen) atoms. The van der Waals surface area contributed by atoms with Crippen LogP contribution < -0.4 is 14.8 Å². The van der Waals surface area contributed by atoms with Crippen LogP contribution in [0.15, 0.2) is 30.5 Å². The van der Waals surface area contributed by atoms with Crippen molar-refractivity contribution in [3.63, 3.8) is 0 Å². The van der Waals surface area contributed by atoms with Crippen molar-refractivity contribution in [2.45, 2.75) is 38.6 Å². The van der Waals surface area contributed by atoms with Crippen molar-refractivity contribution in [3.05, 3.63) is 41.7 Å². The van der Waals surface area contributed by atoms with Gasteiger partial charge in [-0.05, 0) is 62.8 Å². The molecule has 1 aliphatic heterocycles. The Labute approximate surface area is 216 Å². The molecule has 2 amide bonds. The summed E-state index contributed by atoms with van der Waals surface area (Å²) < 4.78 is 16.6. The number of aryl methyl sites for hydroxylation is 1. The second-order valence-electron chi connectivity index (χ2n) is 9.89. The molecule has 3 aromatic rings. The maximum atomic E-state index is 13.4. The fourth-order valence-corrected chi connectivity index (χ4v) is 4.92. The highest BCUT2D eigenvalue weighted by Crippen LogP contribution is 2.39. The molecular formula is C28H34N4O5. The van der Waals surface area contributed by atoms with Crippen LogP contribution in [0.25, 0.3) is 22.2 Å². The van der Waals surface area contributed by atoms with Crippen molar-refractivity contribution < 1.29 is 23.8 Å². The molecule has 1 saturated heterocycles. The minimum Gasteiger partial charge on any atom is -0.497 e. The molecule has 9 heteroatoms. The van der Waals surface area contributed by atoms with Crippen LogP contribution in [-0.4, -0.2) is 73.2 Å². The van der Waals surface area contributed by atoms with Crippen LogP contribution >= 0.6 is 0 Å². The lowest BCUT2D eigenvalue weighted by atomic mass is 10.0. The number of carbonyl (C=O) groups excluding carboxylic acids is 2. The molecule has 2 fully saturated rings. The molecule has 0 spiro atoms.